The Morgan fingerprint density at radius 3 is 2.79 bits per heavy atom. The molecule has 3 N–H and O–H groups in total. The molecule has 1 aromatic carbocycles. The number of nitrogen functional groups attached to an aromatic ring is 1. The first kappa shape index (κ1) is 9.21. The lowest BCUT2D eigenvalue weighted by atomic mass is 10.0. The molecule has 1 aliphatic carbocycles. The van der Waals surface area contributed by atoms with Crippen LogP contribution in [0.4, 0.5) is 0 Å². The standard InChI is InChI=1S/C11H14N2O/c1-7-2-3-9(8-4-5-8)6-10(7)11(14)13-12/h2-3,6,8H,4-5,12H2,1H3,(H,13,14). The first-order chi connectivity index (χ1) is 6.72. The normalized spacial score (nSPS) is 15.3. The quantitative estimate of drug-likeness (QED) is 0.421. The molecular weight excluding hydrogens is 176 g/mol. The molecule has 1 saturated carbocycles. The van der Waals surface area contributed by atoms with Gasteiger partial charge in [0.1, 0.15) is 0 Å². The SMILES string of the molecule is Cc1ccc(C2CC2)cc1C(=O)NN. The van der Waals surface area contributed by atoms with Gasteiger partial charge in [0, 0.05) is 5.56 Å². The zero-order valence-corrected chi connectivity index (χ0v) is 8.21. The molecule has 3 nitrogen and oxygen atoms in total. The van der Waals surface area contributed by atoms with Gasteiger partial charge in [-0.1, -0.05) is 12.1 Å². The molecule has 0 aromatic heterocycles. The number of rotatable bonds is 2. The summed E-state index contributed by atoms with van der Waals surface area (Å²) in [7, 11) is 0. The van der Waals surface area contributed by atoms with Crippen molar-refractivity contribution in [3.8, 4) is 0 Å². The van der Waals surface area contributed by atoms with Gasteiger partial charge in [-0.2, -0.15) is 0 Å². The number of carbonyl (C=O) groups is 1. The molecule has 2 rings (SSSR count). The molecular formula is C11H14N2O. The number of hydrogen-bond donors (Lipinski definition) is 2. The summed E-state index contributed by atoms with van der Waals surface area (Å²) in [4.78, 5) is 11.4. The molecule has 14 heavy (non-hydrogen) atoms. The second-order valence-corrected chi connectivity index (χ2v) is 3.82. The predicted molar refractivity (Wildman–Crippen MR) is 54.8 cm³/mol. The number of nitrogens with two attached hydrogens (primary N) is 1. The third kappa shape index (κ3) is 1.63. The highest BCUT2D eigenvalue weighted by molar-refractivity contribution is 5.95. The Hall–Kier alpha value is -1.35. The summed E-state index contributed by atoms with van der Waals surface area (Å²) in [5, 5.41) is 0. The van der Waals surface area contributed by atoms with E-state index in [0.717, 1.165) is 5.56 Å². The number of hydrazine groups is 1. The lowest BCUT2D eigenvalue weighted by Gasteiger charge is -2.06. The Bertz CT molecular complexity index is 370. The van der Waals surface area contributed by atoms with Crippen molar-refractivity contribution < 1.29 is 4.79 Å². The Morgan fingerprint density at radius 1 is 1.50 bits per heavy atom. The van der Waals surface area contributed by atoms with Crippen LogP contribution in [0.15, 0.2) is 18.2 Å². The second kappa shape index (κ2) is 3.42. The number of aryl methyl sites for hydroxylation is 1. The van der Waals surface area contributed by atoms with Crippen LogP contribution in [0.25, 0.3) is 0 Å². The van der Waals surface area contributed by atoms with Crippen LogP contribution in [0, 0.1) is 6.92 Å². The largest absolute Gasteiger partial charge is 0.290 e. The molecule has 1 aromatic rings. The molecule has 0 spiro atoms. The molecule has 3 heteroatoms. The van der Waals surface area contributed by atoms with Crippen molar-refractivity contribution in [3.05, 3.63) is 34.9 Å². The van der Waals surface area contributed by atoms with E-state index < -0.39 is 0 Å². The fourth-order valence-electron chi connectivity index (χ4n) is 1.63. The minimum Gasteiger partial charge on any atom is -0.290 e. The van der Waals surface area contributed by atoms with Crippen molar-refractivity contribution in [2.24, 2.45) is 5.84 Å². The zero-order chi connectivity index (χ0) is 10.1. The fraction of sp³-hybridized carbons (Fsp3) is 0.364. The van der Waals surface area contributed by atoms with Crippen LogP contribution in [0.3, 0.4) is 0 Å². The van der Waals surface area contributed by atoms with Gasteiger partial charge in [-0.15, -0.1) is 0 Å². The van der Waals surface area contributed by atoms with Gasteiger partial charge in [0.2, 0.25) is 0 Å². The Morgan fingerprint density at radius 2 is 2.21 bits per heavy atom. The van der Waals surface area contributed by atoms with Gasteiger partial charge in [-0.05, 0) is 42.9 Å². The van der Waals surface area contributed by atoms with E-state index in [1.807, 2.05) is 19.1 Å². The molecule has 0 radical (unpaired) electrons. The third-order valence-corrected chi connectivity index (χ3v) is 2.69. The van der Waals surface area contributed by atoms with Crippen LogP contribution in [-0.4, -0.2) is 5.91 Å². The molecule has 0 atom stereocenters. The lowest BCUT2D eigenvalue weighted by Crippen LogP contribution is -2.30. The molecule has 0 saturated heterocycles. The van der Waals surface area contributed by atoms with E-state index in [1.165, 1.54) is 18.4 Å². The van der Waals surface area contributed by atoms with Crippen LogP contribution >= 0.6 is 0 Å². The van der Waals surface area contributed by atoms with Crippen LogP contribution < -0.4 is 11.3 Å². The van der Waals surface area contributed by atoms with E-state index in [1.54, 1.807) is 0 Å². The molecule has 1 fully saturated rings. The number of benzene rings is 1. The highest BCUT2D eigenvalue weighted by Gasteiger charge is 2.24. The van der Waals surface area contributed by atoms with E-state index in [2.05, 4.69) is 11.5 Å². The van der Waals surface area contributed by atoms with E-state index in [-0.39, 0.29) is 5.91 Å². The molecule has 0 aliphatic heterocycles. The van der Waals surface area contributed by atoms with Crippen LogP contribution in [-0.2, 0) is 0 Å². The Kier molecular flexibility index (Phi) is 2.25. The van der Waals surface area contributed by atoms with E-state index in [9.17, 15) is 4.79 Å². The van der Waals surface area contributed by atoms with Gasteiger partial charge < -0.3 is 0 Å². The summed E-state index contributed by atoms with van der Waals surface area (Å²) in [6.45, 7) is 1.92. The average molecular weight is 190 g/mol. The minimum atomic E-state index is -0.204. The van der Waals surface area contributed by atoms with Gasteiger partial charge in [-0.3, -0.25) is 10.2 Å². The van der Waals surface area contributed by atoms with E-state index in [0.29, 0.717) is 11.5 Å². The average Bonchev–Trinajstić information content (AvgIpc) is 3.01. The minimum absolute atomic E-state index is 0.204. The molecule has 0 bridgehead atoms. The summed E-state index contributed by atoms with van der Waals surface area (Å²) in [5.41, 5.74) is 5.09. The van der Waals surface area contributed by atoms with Gasteiger partial charge in [0.15, 0.2) is 0 Å². The summed E-state index contributed by atoms with van der Waals surface area (Å²) in [6.07, 6.45) is 2.49. The lowest BCUT2D eigenvalue weighted by molar-refractivity contribution is 0.0953. The highest BCUT2D eigenvalue weighted by atomic mass is 16.2. The van der Waals surface area contributed by atoms with Crippen molar-refractivity contribution in [2.75, 3.05) is 0 Å². The summed E-state index contributed by atoms with van der Waals surface area (Å²) in [6, 6.07) is 6.04. The van der Waals surface area contributed by atoms with Gasteiger partial charge >= 0.3 is 0 Å². The van der Waals surface area contributed by atoms with Crippen molar-refractivity contribution in [2.45, 2.75) is 25.7 Å². The van der Waals surface area contributed by atoms with Crippen LogP contribution in [0.1, 0.15) is 40.2 Å². The van der Waals surface area contributed by atoms with Gasteiger partial charge in [0.25, 0.3) is 5.91 Å². The number of hydrogen-bond acceptors (Lipinski definition) is 2. The number of carbonyl (C=O) groups excluding carboxylic acids is 1. The van der Waals surface area contributed by atoms with Crippen LogP contribution in [0.5, 0.6) is 0 Å². The van der Waals surface area contributed by atoms with Crippen molar-refractivity contribution in [3.63, 3.8) is 0 Å². The third-order valence-electron chi connectivity index (χ3n) is 2.69. The smallest absolute Gasteiger partial charge is 0.265 e. The first-order valence-electron chi connectivity index (χ1n) is 4.84. The Balaban J connectivity index is 2.36. The first-order valence-corrected chi connectivity index (χ1v) is 4.84. The highest BCUT2D eigenvalue weighted by Crippen LogP contribution is 2.40. The van der Waals surface area contributed by atoms with Gasteiger partial charge in [-0.25, -0.2) is 5.84 Å². The summed E-state index contributed by atoms with van der Waals surface area (Å²) < 4.78 is 0. The molecule has 0 unspecified atom stereocenters. The van der Waals surface area contributed by atoms with Crippen molar-refractivity contribution in [1.29, 1.82) is 0 Å². The van der Waals surface area contributed by atoms with Crippen LogP contribution in [0.2, 0.25) is 0 Å². The molecule has 74 valence electrons. The maximum Gasteiger partial charge on any atom is 0.265 e. The van der Waals surface area contributed by atoms with Gasteiger partial charge in [0.05, 0.1) is 0 Å². The topological polar surface area (TPSA) is 55.1 Å². The summed E-state index contributed by atoms with van der Waals surface area (Å²) >= 11 is 0. The molecule has 0 heterocycles. The number of amides is 1. The number of nitrogens with one attached hydrogen (secondary N) is 1. The zero-order valence-electron chi connectivity index (χ0n) is 8.21. The van der Waals surface area contributed by atoms with E-state index >= 15 is 0 Å². The monoisotopic (exact) mass is 190 g/mol. The second-order valence-electron chi connectivity index (χ2n) is 3.82. The van der Waals surface area contributed by atoms with Crippen molar-refractivity contribution >= 4 is 5.91 Å². The van der Waals surface area contributed by atoms with E-state index in [4.69, 9.17) is 5.84 Å². The predicted octanol–water partition coefficient (Wildman–Crippen LogP) is 1.48. The summed E-state index contributed by atoms with van der Waals surface area (Å²) in [5.74, 6) is 5.58. The maximum atomic E-state index is 11.4. The maximum absolute atomic E-state index is 11.4. The fourth-order valence-corrected chi connectivity index (χ4v) is 1.63. The van der Waals surface area contributed by atoms with Crippen molar-refractivity contribution in [1.82, 2.24) is 5.43 Å². The molecule has 1 amide bonds. The Labute approximate surface area is 83.3 Å². The molecule has 1 aliphatic rings.